The molecule has 4 rings (SSSR count). The number of hydrogen-bond acceptors (Lipinski definition) is 0. The Hall–Kier alpha value is -1.89. The molecule has 0 unspecified atom stereocenters. The molecule has 0 nitrogen and oxygen atoms in total. The third-order valence-corrected chi connectivity index (χ3v) is 12.7. The zero-order valence-electron chi connectivity index (χ0n) is 23.7. The van der Waals surface area contributed by atoms with Gasteiger partial charge in [0.05, 0.1) is 0 Å². The fourth-order valence-electron chi connectivity index (χ4n) is 5.39. The molecule has 1 heteroatoms. The molecule has 0 aromatic heterocycles. The van der Waals surface area contributed by atoms with Crippen molar-refractivity contribution in [1.29, 1.82) is 0 Å². The number of benzene rings is 2. The molecule has 184 valence electrons. The van der Waals surface area contributed by atoms with Crippen LogP contribution in [0.25, 0.3) is 0 Å². The second kappa shape index (κ2) is 11.0. The normalized spacial score (nSPS) is 18.8. The first kappa shape index (κ1) is 27.7. The van der Waals surface area contributed by atoms with Gasteiger partial charge in [-0.15, -0.1) is 0 Å². The summed E-state index contributed by atoms with van der Waals surface area (Å²) in [4.78, 5) is 0. The van der Waals surface area contributed by atoms with Gasteiger partial charge in [-0.1, -0.05) is 60.7 Å². The van der Waals surface area contributed by atoms with E-state index in [0.717, 1.165) is 12.8 Å². The van der Waals surface area contributed by atoms with Crippen molar-refractivity contribution >= 4 is 0 Å². The van der Waals surface area contributed by atoms with Gasteiger partial charge < -0.3 is 0 Å². The Balaban J connectivity index is 0.000000211. The zero-order valence-corrected chi connectivity index (χ0v) is 25.2. The van der Waals surface area contributed by atoms with E-state index in [-0.39, 0.29) is 30.0 Å². The van der Waals surface area contributed by atoms with Crippen molar-refractivity contribution in [2.45, 2.75) is 82.1 Å². The summed E-state index contributed by atoms with van der Waals surface area (Å²) in [6.07, 6.45) is 2.26. The maximum Gasteiger partial charge on any atom is -0.0238 e. The Morgan fingerprint density at radius 3 is 1.06 bits per heavy atom. The molecular formula is C34H44Ti. The average Bonchev–Trinajstić information content (AvgIpc) is 3.09. The maximum atomic E-state index is 2.42. The Labute approximate surface area is 224 Å². The van der Waals surface area contributed by atoms with Gasteiger partial charge in [-0.3, -0.25) is 0 Å². The summed E-state index contributed by atoms with van der Waals surface area (Å²) >= 11 is -0.239. The van der Waals surface area contributed by atoms with Crippen LogP contribution in [0.15, 0.2) is 102 Å². The third kappa shape index (κ3) is 5.76. The van der Waals surface area contributed by atoms with Crippen LogP contribution in [0, 0.1) is 10.8 Å². The first-order chi connectivity index (χ1) is 16.4. The minimum atomic E-state index is -0.239. The Bertz CT molecular complexity index is 1090. The fourth-order valence-corrected chi connectivity index (χ4v) is 8.51. The molecule has 0 radical (unpaired) electrons. The molecule has 0 amide bonds. The first-order valence-corrected chi connectivity index (χ1v) is 14.6. The van der Waals surface area contributed by atoms with E-state index in [9.17, 15) is 0 Å². The van der Waals surface area contributed by atoms with Gasteiger partial charge in [0.2, 0.25) is 0 Å². The van der Waals surface area contributed by atoms with Crippen LogP contribution >= 0.6 is 0 Å². The van der Waals surface area contributed by atoms with Crippen LogP contribution in [-0.2, 0) is 32.0 Å². The molecule has 0 atom stereocenters. The molecule has 0 fully saturated rings. The fraction of sp³-hybridized carbons (Fsp3) is 0.412. The van der Waals surface area contributed by atoms with Crippen molar-refractivity contribution in [3.8, 4) is 0 Å². The quantitative estimate of drug-likeness (QED) is 0.358. The Morgan fingerprint density at radius 1 is 0.486 bits per heavy atom. The molecular weight excluding hydrogens is 456 g/mol. The molecule has 2 aliphatic carbocycles. The second-order valence-electron chi connectivity index (χ2n) is 11.3. The maximum absolute atomic E-state index is 2.42. The van der Waals surface area contributed by atoms with Crippen molar-refractivity contribution in [2.24, 2.45) is 10.8 Å². The molecule has 2 aromatic carbocycles. The predicted molar refractivity (Wildman–Crippen MR) is 150 cm³/mol. The van der Waals surface area contributed by atoms with E-state index < -0.39 is 0 Å². The first-order valence-electron chi connectivity index (χ1n) is 13.0. The smallest absolute Gasteiger partial charge is 0.0238 e. The van der Waals surface area contributed by atoms with Gasteiger partial charge in [-0.2, -0.15) is 0 Å². The summed E-state index contributed by atoms with van der Waals surface area (Å²) in [5.41, 5.74) is 12.7. The molecule has 2 aromatic rings. The molecule has 35 heavy (non-hydrogen) atoms. The summed E-state index contributed by atoms with van der Waals surface area (Å²) in [5, 5.41) is 0. The van der Waals surface area contributed by atoms with E-state index in [1.54, 1.807) is 30.0 Å². The predicted octanol–water partition coefficient (Wildman–Crippen LogP) is 9.84. The van der Waals surface area contributed by atoms with Crippen molar-refractivity contribution in [3.05, 3.63) is 113 Å². The van der Waals surface area contributed by atoms with Crippen molar-refractivity contribution in [2.75, 3.05) is 0 Å². The number of aryl methyl sites for hydroxylation is 2. The molecule has 2 aliphatic rings. The number of hydrogen-bond donors (Lipinski definition) is 0. The van der Waals surface area contributed by atoms with Crippen molar-refractivity contribution in [1.82, 2.24) is 0 Å². The zero-order chi connectivity index (χ0) is 26.0. The van der Waals surface area contributed by atoms with E-state index in [1.165, 1.54) is 22.3 Å². The van der Waals surface area contributed by atoms with Crippen LogP contribution in [0.5, 0.6) is 0 Å². The summed E-state index contributed by atoms with van der Waals surface area (Å²) in [7, 11) is 0. The van der Waals surface area contributed by atoms with Gasteiger partial charge in [0.25, 0.3) is 0 Å². The summed E-state index contributed by atoms with van der Waals surface area (Å²) < 4.78 is 3.50. The third-order valence-electron chi connectivity index (χ3n) is 8.76. The average molecular weight is 501 g/mol. The largest absolute Gasteiger partial charge is 0.0622 e. The van der Waals surface area contributed by atoms with Crippen LogP contribution in [0.2, 0.25) is 0 Å². The SMILES string of the molecule is CC1=C(C)C(C)(C)[C]([Ti][C]2=C(C)C(C)=C(C)C2(C)C)=C1C.c1ccc(CCc2ccccc2)cc1. The summed E-state index contributed by atoms with van der Waals surface area (Å²) in [6.45, 7) is 23.6. The van der Waals surface area contributed by atoms with E-state index >= 15 is 0 Å². The van der Waals surface area contributed by atoms with Gasteiger partial charge in [0.15, 0.2) is 0 Å². The summed E-state index contributed by atoms with van der Waals surface area (Å²) in [5.74, 6) is 0. The minimum absolute atomic E-state index is 0.239. The second-order valence-corrected chi connectivity index (χ2v) is 13.3. The molecule has 0 spiro atoms. The topological polar surface area (TPSA) is 0 Å². The molecule has 0 aliphatic heterocycles. The van der Waals surface area contributed by atoms with Gasteiger partial charge in [-0.25, -0.2) is 0 Å². The van der Waals surface area contributed by atoms with E-state index in [1.807, 2.05) is 0 Å². The molecule has 0 N–H and O–H groups in total. The van der Waals surface area contributed by atoms with Crippen LogP contribution in [0.4, 0.5) is 0 Å². The van der Waals surface area contributed by atoms with Crippen molar-refractivity contribution < 1.29 is 19.2 Å². The van der Waals surface area contributed by atoms with Gasteiger partial charge in [0.1, 0.15) is 0 Å². The number of allylic oxidation sites excluding steroid dienone is 8. The number of rotatable bonds is 5. The van der Waals surface area contributed by atoms with E-state index in [2.05, 4.69) is 130 Å². The van der Waals surface area contributed by atoms with Crippen LogP contribution in [-0.4, -0.2) is 0 Å². The monoisotopic (exact) mass is 500 g/mol. The van der Waals surface area contributed by atoms with E-state index in [4.69, 9.17) is 0 Å². The standard InChI is InChI=1S/C14H14.2C10H15.Ti/c1-3-7-13(8-4-1)11-12-14-9-5-2-6-10-14;2*1-7-6-10(4,5)9(3)8(7)2;/h1-10H,11-12H2;2*1-5H3;. The van der Waals surface area contributed by atoms with Gasteiger partial charge >= 0.3 is 140 Å². The van der Waals surface area contributed by atoms with Crippen LogP contribution < -0.4 is 0 Å². The Morgan fingerprint density at radius 2 is 0.800 bits per heavy atom. The van der Waals surface area contributed by atoms with Crippen LogP contribution in [0.3, 0.4) is 0 Å². The van der Waals surface area contributed by atoms with E-state index in [0.29, 0.717) is 0 Å². The minimum Gasteiger partial charge on any atom is -0.0622 e. The summed E-state index contributed by atoms with van der Waals surface area (Å²) in [6, 6.07) is 21.2. The molecule has 0 saturated heterocycles. The molecule has 0 bridgehead atoms. The van der Waals surface area contributed by atoms with Crippen molar-refractivity contribution in [3.63, 3.8) is 0 Å². The van der Waals surface area contributed by atoms with Gasteiger partial charge in [0, 0.05) is 0 Å². The van der Waals surface area contributed by atoms with Gasteiger partial charge in [-0.05, 0) is 24.0 Å². The molecule has 0 saturated carbocycles. The molecule has 0 heterocycles. The Kier molecular flexibility index (Phi) is 8.72. The van der Waals surface area contributed by atoms with Crippen LogP contribution in [0.1, 0.15) is 80.4 Å².